The predicted octanol–water partition coefficient (Wildman–Crippen LogP) is 4.74. The van der Waals surface area contributed by atoms with Gasteiger partial charge in [-0.15, -0.1) is 0 Å². The van der Waals surface area contributed by atoms with Crippen molar-refractivity contribution in [2.24, 2.45) is 0 Å². The van der Waals surface area contributed by atoms with Gasteiger partial charge in [-0.2, -0.15) is 0 Å². The maximum absolute atomic E-state index is 11.8. The lowest BCUT2D eigenvalue weighted by molar-refractivity contribution is -0.116. The molecule has 2 heteroatoms. The standard InChI is InChI=1S/C19H23NO/c1-16-12-14-18(15-13-16)20-19(21)11-7-3-6-10-17-8-4-2-5-9-17/h2,4-5,8-9,12-15H,3,6-7,10-11H2,1H3,(H,20,21). The minimum absolute atomic E-state index is 0.110. The molecule has 0 radical (unpaired) electrons. The average Bonchev–Trinajstić information content (AvgIpc) is 2.50. The molecule has 0 aliphatic heterocycles. The summed E-state index contributed by atoms with van der Waals surface area (Å²) in [5.74, 6) is 0.110. The molecule has 0 bridgehead atoms. The van der Waals surface area contributed by atoms with Crippen LogP contribution in [0.1, 0.15) is 36.8 Å². The Labute approximate surface area is 127 Å². The highest BCUT2D eigenvalue weighted by Gasteiger charge is 2.02. The molecule has 0 aliphatic carbocycles. The Bertz CT molecular complexity index is 546. The summed E-state index contributed by atoms with van der Waals surface area (Å²) < 4.78 is 0. The molecular weight excluding hydrogens is 258 g/mol. The van der Waals surface area contributed by atoms with Crippen LogP contribution < -0.4 is 5.32 Å². The number of hydrogen-bond acceptors (Lipinski definition) is 1. The Balaban J connectivity index is 1.60. The molecule has 0 aromatic heterocycles. The molecule has 0 unspecified atom stereocenters. The van der Waals surface area contributed by atoms with Gasteiger partial charge in [0.25, 0.3) is 0 Å². The Morgan fingerprint density at radius 2 is 1.62 bits per heavy atom. The molecule has 0 heterocycles. The number of rotatable bonds is 7. The highest BCUT2D eigenvalue weighted by Crippen LogP contribution is 2.11. The van der Waals surface area contributed by atoms with E-state index in [1.165, 1.54) is 11.1 Å². The zero-order chi connectivity index (χ0) is 14.9. The maximum Gasteiger partial charge on any atom is 0.224 e. The van der Waals surface area contributed by atoms with Gasteiger partial charge in [0.05, 0.1) is 0 Å². The minimum Gasteiger partial charge on any atom is -0.326 e. The zero-order valence-electron chi connectivity index (χ0n) is 12.6. The van der Waals surface area contributed by atoms with E-state index in [1.54, 1.807) is 0 Å². The van der Waals surface area contributed by atoms with E-state index in [0.29, 0.717) is 6.42 Å². The molecule has 2 nitrogen and oxygen atoms in total. The third-order valence-electron chi connectivity index (χ3n) is 3.55. The summed E-state index contributed by atoms with van der Waals surface area (Å²) in [5, 5.41) is 2.94. The first-order valence-electron chi connectivity index (χ1n) is 7.64. The fraction of sp³-hybridized carbons (Fsp3) is 0.316. The lowest BCUT2D eigenvalue weighted by atomic mass is 10.1. The van der Waals surface area contributed by atoms with Crippen molar-refractivity contribution in [2.45, 2.75) is 39.0 Å². The van der Waals surface area contributed by atoms with Gasteiger partial charge in [0.2, 0.25) is 5.91 Å². The van der Waals surface area contributed by atoms with Crippen molar-refractivity contribution < 1.29 is 4.79 Å². The molecule has 2 aromatic rings. The smallest absolute Gasteiger partial charge is 0.224 e. The van der Waals surface area contributed by atoms with Crippen molar-refractivity contribution in [1.82, 2.24) is 0 Å². The molecular formula is C19H23NO. The van der Waals surface area contributed by atoms with Crippen molar-refractivity contribution in [3.8, 4) is 0 Å². The molecule has 110 valence electrons. The van der Waals surface area contributed by atoms with Crippen LogP contribution >= 0.6 is 0 Å². The van der Waals surface area contributed by atoms with Crippen LogP contribution in [0.3, 0.4) is 0 Å². The Morgan fingerprint density at radius 1 is 0.905 bits per heavy atom. The normalized spacial score (nSPS) is 10.3. The monoisotopic (exact) mass is 281 g/mol. The van der Waals surface area contributed by atoms with E-state index in [0.717, 1.165) is 31.4 Å². The molecule has 0 spiro atoms. The van der Waals surface area contributed by atoms with Gasteiger partial charge in [-0.25, -0.2) is 0 Å². The molecule has 0 fully saturated rings. The number of hydrogen-bond donors (Lipinski definition) is 1. The van der Waals surface area contributed by atoms with Gasteiger partial charge in [-0.05, 0) is 43.9 Å². The second-order valence-electron chi connectivity index (χ2n) is 5.46. The van der Waals surface area contributed by atoms with Gasteiger partial charge in [0.15, 0.2) is 0 Å². The second-order valence-corrected chi connectivity index (χ2v) is 5.46. The van der Waals surface area contributed by atoms with Crippen molar-refractivity contribution in [3.05, 3.63) is 65.7 Å². The molecule has 0 saturated heterocycles. The SMILES string of the molecule is Cc1ccc(NC(=O)CCCCCc2ccccc2)cc1. The minimum atomic E-state index is 0.110. The number of carbonyl (C=O) groups excluding carboxylic acids is 1. The predicted molar refractivity (Wildman–Crippen MR) is 88.4 cm³/mol. The first-order valence-corrected chi connectivity index (χ1v) is 7.64. The first-order chi connectivity index (χ1) is 10.2. The number of nitrogens with one attached hydrogen (secondary N) is 1. The van der Waals surface area contributed by atoms with Crippen LogP contribution in [-0.4, -0.2) is 5.91 Å². The fourth-order valence-corrected chi connectivity index (χ4v) is 2.30. The van der Waals surface area contributed by atoms with Crippen molar-refractivity contribution in [2.75, 3.05) is 5.32 Å². The Hall–Kier alpha value is -2.09. The van der Waals surface area contributed by atoms with Gasteiger partial charge < -0.3 is 5.32 Å². The molecule has 0 aliphatic rings. The van der Waals surface area contributed by atoms with Crippen LogP contribution in [0.25, 0.3) is 0 Å². The molecule has 2 aromatic carbocycles. The molecule has 2 rings (SSSR count). The van der Waals surface area contributed by atoms with E-state index >= 15 is 0 Å². The van der Waals surface area contributed by atoms with Crippen LogP contribution in [0.5, 0.6) is 0 Å². The second kappa shape index (κ2) is 8.25. The Morgan fingerprint density at radius 3 is 2.33 bits per heavy atom. The Kier molecular flexibility index (Phi) is 6.01. The highest BCUT2D eigenvalue weighted by molar-refractivity contribution is 5.90. The summed E-state index contributed by atoms with van der Waals surface area (Å²) in [6.07, 6.45) is 4.88. The number of benzene rings is 2. The topological polar surface area (TPSA) is 29.1 Å². The fourth-order valence-electron chi connectivity index (χ4n) is 2.30. The molecule has 1 amide bonds. The molecule has 1 N–H and O–H groups in total. The number of anilines is 1. The van der Waals surface area contributed by atoms with Crippen LogP contribution in [0.15, 0.2) is 54.6 Å². The average molecular weight is 281 g/mol. The number of unbranched alkanes of at least 4 members (excludes halogenated alkanes) is 2. The van der Waals surface area contributed by atoms with Gasteiger partial charge in [0, 0.05) is 12.1 Å². The van der Waals surface area contributed by atoms with Gasteiger partial charge in [-0.3, -0.25) is 4.79 Å². The van der Waals surface area contributed by atoms with E-state index in [2.05, 4.69) is 29.6 Å². The molecule has 21 heavy (non-hydrogen) atoms. The largest absolute Gasteiger partial charge is 0.326 e. The van der Waals surface area contributed by atoms with Gasteiger partial charge in [0.1, 0.15) is 0 Å². The summed E-state index contributed by atoms with van der Waals surface area (Å²) in [6, 6.07) is 18.4. The number of aryl methyl sites for hydroxylation is 2. The van der Waals surface area contributed by atoms with E-state index < -0.39 is 0 Å². The van der Waals surface area contributed by atoms with Crippen LogP contribution in [-0.2, 0) is 11.2 Å². The zero-order valence-corrected chi connectivity index (χ0v) is 12.6. The summed E-state index contributed by atoms with van der Waals surface area (Å²) in [5.41, 5.74) is 3.46. The lowest BCUT2D eigenvalue weighted by Gasteiger charge is -2.05. The lowest BCUT2D eigenvalue weighted by Crippen LogP contribution is -2.10. The van der Waals surface area contributed by atoms with E-state index in [9.17, 15) is 4.79 Å². The van der Waals surface area contributed by atoms with Crippen molar-refractivity contribution in [1.29, 1.82) is 0 Å². The number of carbonyl (C=O) groups is 1. The van der Waals surface area contributed by atoms with Gasteiger partial charge >= 0.3 is 0 Å². The van der Waals surface area contributed by atoms with Crippen LogP contribution in [0.2, 0.25) is 0 Å². The highest BCUT2D eigenvalue weighted by atomic mass is 16.1. The van der Waals surface area contributed by atoms with Crippen LogP contribution in [0.4, 0.5) is 5.69 Å². The van der Waals surface area contributed by atoms with E-state index in [1.807, 2.05) is 37.3 Å². The van der Waals surface area contributed by atoms with Crippen molar-refractivity contribution >= 4 is 11.6 Å². The van der Waals surface area contributed by atoms with E-state index in [-0.39, 0.29) is 5.91 Å². The summed E-state index contributed by atoms with van der Waals surface area (Å²) >= 11 is 0. The molecule has 0 saturated carbocycles. The number of amides is 1. The van der Waals surface area contributed by atoms with Gasteiger partial charge in [-0.1, -0.05) is 54.4 Å². The first kappa shape index (κ1) is 15.3. The van der Waals surface area contributed by atoms with Crippen LogP contribution in [0, 0.1) is 6.92 Å². The maximum atomic E-state index is 11.8. The summed E-state index contributed by atoms with van der Waals surface area (Å²) in [4.78, 5) is 11.8. The quantitative estimate of drug-likeness (QED) is 0.730. The summed E-state index contributed by atoms with van der Waals surface area (Å²) in [7, 11) is 0. The van der Waals surface area contributed by atoms with Crippen molar-refractivity contribution in [3.63, 3.8) is 0 Å². The third-order valence-corrected chi connectivity index (χ3v) is 3.55. The van der Waals surface area contributed by atoms with E-state index in [4.69, 9.17) is 0 Å². The third kappa shape index (κ3) is 5.82. The molecule has 0 atom stereocenters. The summed E-state index contributed by atoms with van der Waals surface area (Å²) in [6.45, 7) is 2.04.